The average Bonchev–Trinajstić information content (AvgIpc) is 2.27. The third kappa shape index (κ3) is 3.47. The Morgan fingerprint density at radius 1 is 1.22 bits per heavy atom. The van der Waals surface area contributed by atoms with E-state index in [0.29, 0.717) is 0 Å². The normalized spacial score (nSPS) is 14.7. The van der Waals surface area contributed by atoms with Gasteiger partial charge >= 0.3 is 0 Å². The van der Waals surface area contributed by atoms with Gasteiger partial charge < -0.3 is 14.9 Å². The van der Waals surface area contributed by atoms with E-state index >= 15 is 0 Å². The molecule has 0 bridgehead atoms. The molecule has 0 radical (unpaired) electrons. The van der Waals surface area contributed by atoms with Gasteiger partial charge in [0.1, 0.15) is 12.4 Å². The number of hydrogen-bond donors (Lipinski definition) is 2. The summed E-state index contributed by atoms with van der Waals surface area (Å²) in [7, 11) is 0. The van der Waals surface area contributed by atoms with Crippen molar-refractivity contribution >= 4 is 0 Å². The third-order valence-electron chi connectivity index (χ3n) is 3.46. The molecule has 3 heteroatoms. The second-order valence-electron chi connectivity index (χ2n) is 5.52. The van der Waals surface area contributed by atoms with E-state index < -0.39 is 5.60 Å². The zero-order chi connectivity index (χ0) is 13.9. The van der Waals surface area contributed by atoms with Crippen molar-refractivity contribution in [2.45, 2.75) is 46.8 Å². The van der Waals surface area contributed by atoms with Crippen LogP contribution in [0.4, 0.5) is 0 Å². The number of hydrogen-bond acceptors (Lipinski definition) is 3. The second-order valence-corrected chi connectivity index (χ2v) is 5.52. The van der Waals surface area contributed by atoms with Gasteiger partial charge in [0.05, 0.1) is 12.2 Å². The number of benzene rings is 1. The lowest BCUT2D eigenvalue weighted by atomic mass is 9.93. The molecule has 1 atom stereocenters. The van der Waals surface area contributed by atoms with E-state index in [4.69, 9.17) is 9.84 Å². The van der Waals surface area contributed by atoms with Crippen LogP contribution in [0.15, 0.2) is 12.1 Å². The summed E-state index contributed by atoms with van der Waals surface area (Å²) in [6.45, 7) is 9.92. The molecule has 3 nitrogen and oxygen atoms in total. The lowest BCUT2D eigenvalue weighted by molar-refractivity contribution is -0.0269. The summed E-state index contributed by atoms with van der Waals surface area (Å²) < 4.78 is 5.76. The summed E-state index contributed by atoms with van der Waals surface area (Å²) in [6, 6.07) is 3.82. The Labute approximate surface area is 109 Å². The van der Waals surface area contributed by atoms with Gasteiger partial charge in [-0.3, -0.25) is 0 Å². The minimum atomic E-state index is -0.839. The van der Waals surface area contributed by atoms with Crippen LogP contribution in [0.1, 0.15) is 37.5 Å². The van der Waals surface area contributed by atoms with Gasteiger partial charge in [-0.05, 0) is 43.4 Å². The van der Waals surface area contributed by atoms with Gasteiger partial charge in [0, 0.05) is 0 Å². The molecule has 1 aromatic carbocycles. The lowest BCUT2D eigenvalue weighted by Gasteiger charge is -2.28. The number of aryl methyl sites for hydroxylation is 2. The van der Waals surface area contributed by atoms with E-state index in [9.17, 15) is 5.11 Å². The quantitative estimate of drug-likeness (QED) is 0.847. The molecule has 0 spiro atoms. The summed E-state index contributed by atoms with van der Waals surface area (Å²) >= 11 is 0. The van der Waals surface area contributed by atoms with Crippen molar-refractivity contribution in [1.29, 1.82) is 0 Å². The van der Waals surface area contributed by atoms with Crippen molar-refractivity contribution in [2.24, 2.45) is 5.92 Å². The van der Waals surface area contributed by atoms with Crippen LogP contribution in [0.3, 0.4) is 0 Å². The third-order valence-corrected chi connectivity index (χ3v) is 3.46. The second kappa shape index (κ2) is 5.72. The Morgan fingerprint density at radius 3 is 2.11 bits per heavy atom. The molecule has 0 aliphatic rings. The smallest absolute Gasteiger partial charge is 0.125 e. The molecular formula is C15H24O3. The predicted molar refractivity (Wildman–Crippen MR) is 72.8 cm³/mol. The van der Waals surface area contributed by atoms with Crippen LogP contribution in [0, 0.1) is 19.8 Å². The van der Waals surface area contributed by atoms with E-state index in [1.807, 2.05) is 39.8 Å². The topological polar surface area (TPSA) is 49.7 Å². The highest BCUT2D eigenvalue weighted by Gasteiger charge is 2.26. The molecule has 18 heavy (non-hydrogen) atoms. The van der Waals surface area contributed by atoms with E-state index in [-0.39, 0.29) is 19.1 Å². The number of aliphatic hydroxyl groups excluding tert-OH is 1. The fraction of sp³-hybridized carbons (Fsp3) is 0.600. The van der Waals surface area contributed by atoms with Gasteiger partial charge in [-0.25, -0.2) is 0 Å². The van der Waals surface area contributed by atoms with E-state index in [1.165, 1.54) is 0 Å². The van der Waals surface area contributed by atoms with Crippen LogP contribution in [0.25, 0.3) is 0 Å². The van der Waals surface area contributed by atoms with Crippen molar-refractivity contribution in [3.63, 3.8) is 0 Å². The van der Waals surface area contributed by atoms with Crippen LogP contribution >= 0.6 is 0 Å². The van der Waals surface area contributed by atoms with Crippen LogP contribution in [-0.4, -0.2) is 22.4 Å². The molecule has 0 saturated carbocycles. The van der Waals surface area contributed by atoms with Gasteiger partial charge in [0.25, 0.3) is 0 Å². The van der Waals surface area contributed by atoms with Gasteiger partial charge in [0.2, 0.25) is 0 Å². The first kappa shape index (κ1) is 15.0. The summed E-state index contributed by atoms with van der Waals surface area (Å²) in [5.74, 6) is 0.933. The predicted octanol–water partition coefficient (Wildman–Crippen LogP) is 2.58. The molecule has 0 saturated heterocycles. The van der Waals surface area contributed by atoms with Crippen LogP contribution < -0.4 is 4.74 Å². The molecule has 0 heterocycles. The first-order valence-electron chi connectivity index (χ1n) is 6.34. The van der Waals surface area contributed by atoms with Crippen LogP contribution in [-0.2, 0) is 6.61 Å². The first-order chi connectivity index (χ1) is 8.27. The van der Waals surface area contributed by atoms with E-state index in [1.54, 1.807) is 6.92 Å². The van der Waals surface area contributed by atoms with E-state index in [0.717, 1.165) is 22.4 Å². The highest BCUT2D eigenvalue weighted by molar-refractivity contribution is 5.43. The van der Waals surface area contributed by atoms with Gasteiger partial charge in [-0.15, -0.1) is 0 Å². The Balaban J connectivity index is 2.86. The number of rotatable bonds is 5. The zero-order valence-electron chi connectivity index (χ0n) is 11.9. The highest BCUT2D eigenvalue weighted by atomic mass is 16.5. The van der Waals surface area contributed by atoms with E-state index in [2.05, 4.69) is 0 Å². The molecule has 1 rings (SSSR count). The first-order valence-corrected chi connectivity index (χ1v) is 6.34. The Hall–Kier alpha value is -1.06. The summed E-state index contributed by atoms with van der Waals surface area (Å²) in [5, 5.41) is 19.3. The van der Waals surface area contributed by atoms with Gasteiger partial charge in [-0.2, -0.15) is 0 Å². The van der Waals surface area contributed by atoms with Crippen molar-refractivity contribution in [3.05, 3.63) is 28.8 Å². The maximum absolute atomic E-state index is 10.2. The maximum Gasteiger partial charge on any atom is 0.125 e. The van der Waals surface area contributed by atoms with Crippen LogP contribution in [0.5, 0.6) is 5.75 Å². The summed E-state index contributed by atoms with van der Waals surface area (Å²) in [6.07, 6.45) is 0. The van der Waals surface area contributed by atoms with Crippen molar-refractivity contribution in [3.8, 4) is 5.75 Å². The van der Waals surface area contributed by atoms with Gasteiger partial charge in [0.15, 0.2) is 0 Å². The summed E-state index contributed by atoms with van der Waals surface area (Å²) in [4.78, 5) is 0. The molecule has 0 aliphatic carbocycles. The number of aliphatic hydroxyl groups is 2. The molecule has 0 fully saturated rings. The van der Waals surface area contributed by atoms with Crippen LogP contribution in [0.2, 0.25) is 0 Å². The summed E-state index contributed by atoms with van der Waals surface area (Å²) in [5.41, 5.74) is 2.01. The minimum absolute atomic E-state index is 0.0334. The van der Waals surface area contributed by atoms with Crippen molar-refractivity contribution in [1.82, 2.24) is 0 Å². The monoisotopic (exact) mass is 252 g/mol. The maximum atomic E-state index is 10.2. The Bertz CT molecular complexity index is 385. The molecule has 0 aliphatic heterocycles. The zero-order valence-corrected chi connectivity index (χ0v) is 11.9. The molecular weight excluding hydrogens is 228 g/mol. The molecule has 1 unspecified atom stereocenters. The molecule has 0 aromatic heterocycles. The fourth-order valence-electron chi connectivity index (χ4n) is 1.74. The SMILES string of the molecule is Cc1cc(CO)cc(C)c1OCC(C)(O)C(C)C. The molecule has 0 amide bonds. The Kier molecular flexibility index (Phi) is 4.77. The van der Waals surface area contributed by atoms with Crippen molar-refractivity contribution in [2.75, 3.05) is 6.61 Å². The fourth-order valence-corrected chi connectivity index (χ4v) is 1.74. The Morgan fingerprint density at radius 2 is 1.72 bits per heavy atom. The minimum Gasteiger partial charge on any atom is -0.490 e. The molecule has 102 valence electrons. The molecule has 1 aromatic rings. The molecule has 2 N–H and O–H groups in total. The largest absolute Gasteiger partial charge is 0.490 e. The van der Waals surface area contributed by atoms with Gasteiger partial charge in [-0.1, -0.05) is 26.0 Å². The lowest BCUT2D eigenvalue weighted by Crippen LogP contribution is -2.38. The number of ether oxygens (including phenoxy) is 1. The van der Waals surface area contributed by atoms with Crippen molar-refractivity contribution < 1.29 is 14.9 Å². The average molecular weight is 252 g/mol. The highest BCUT2D eigenvalue weighted by Crippen LogP contribution is 2.27. The standard InChI is InChI=1S/C15H24O3/c1-10(2)15(5,17)9-18-14-11(3)6-13(8-16)7-12(14)4/h6-7,10,16-17H,8-9H2,1-5H3.